The van der Waals surface area contributed by atoms with Gasteiger partial charge in [0, 0.05) is 10.9 Å². The largest absolute Gasteiger partial charge is 0.388 e. The molecule has 2 aromatic carbocycles. The van der Waals surface area contributed by atoms with Gasteiger partial charge in [-0.3, -0.25) is 0 Å². The quantitative estimate of drug-likeness (QED) is 0.822. The minimum atomic E-state index is -0.492. The number of fused-ring (bicyclic) bond motifs is 1. The summed E-state index contributed by atoms with van der Waals surface area (Å²) in [6.07, 6.45) is 0.134. The summed E-state index contributed by atoms with van der Waals surface area (Å²) in [6, 6.07) is 12.0. The summed E-state index contributed by atoms with van der Waals surface area (Å²) >= 11 is 5.94. The Hall–Kier alpha value is -1.38. The Kier molecular flexibility index (Phi) is 2.84. The normalized spacial score (nSPS) is 21.9. The van der Waals surface area contributed by atoms with E-state index in [9.17, 15) is 9.50 Å². The molecule has 2 aromatic rings. The lowest BCUT2D eigenvalue weighted by atomic mass is 9.93. The fourth-order valence-corrected chi connectivity index (χ4v) is 2.82. The predicted octanol–water partition coefficient (Wildman–Crippen LogP) is 4.05. The highest BCUT2D eigenvalue weighted by molar-refractivity contribution is 6.30. The molecule has 0 unspecified atom stereocenters. The monoisotopic (exact) mass is 262 g/mol. The number of halogens is 2. The Balaban J connectivity index is 2.05. The third kappa shape index (κ3) is 1.92. The highest BCUT2D eigenvalue weighted by Crippen LogP contribution is 2.44. The Morgan fingerprint density at radius 2 is 1.78 bits per heavy atom. The van der Waals surface area contributed by atoms with E-state index in [1.807, 2.05) is 18.2 Å². The molecule has 0 bridgehead atoms. The lowest BCUT2D eigenvalue weighted by molar-refractivity contribution is 0.176. The van der Waals surface area contributed by atoms with Gasteiger partial charge in [-0.1, -0.05) is 29.8 Å². The second-order valence-corrected chi connectivity index (χ2v) is 5.07. The molecule has 3 rings (SSSR count). The Bertz CT molecular complexity index is 580. The Labute approximate surface area is 110 Å². The van der Waals surface area contributed by atoms with Crippen molar-refractivity contribution in [1.82, 2.24) is 0 Å². The highest BCUT2D eigenvalue weighted by atomic mass is 35.5. The molecule has 1 N–H and O–H groups in total. The molecule has 18 heavy (non-hydrogen) atoms. The maximum atomic E-state index is 12.9. The van der Waals surface area contributed by atoms with Gasteiger partial charge in [0.05, 0.1) is 6.10 Å². The predicted molar refractivity (Wildman–Crippen MR) is 69.3 cm³/mol. The second kappa shape index (κ2) is 4.38. The molecule has 0 aromatic heterocycles. The van der Waals surface area contributed by atoms with Crippen LogP contribution in [0, 0.1) is 5.82 Å². The Morgan fingerprint density at radius 3 is 2.50 bits per heavy atom. The van der Waals surface area contributed by atoms with Gasteiger partial charge in [0.2, 0.25) is 0 Å². The van der Waals surface area contributed by atoms with Crippen LogP contribution in [0.25, 0.3) is 0 Å². The average Bonchev–Trinajstić information content (AvgIpc) is 2.68. The van der Waals surface area contributed by atoms with E-state index in [1.54, 1.807) is 12.1 Å². The van der Waals surface area contributed by atoms with Crippen LogP contribution >= 0.6 is 11.6 Å². The number of aliphatic hydroxyl groups excluding tert-OH is 1. The maximum Gasteiger partial charge on any atom is 0.123 e. The highest BCUT2D eigenvalue weighted by Gasteiger charge is 2.30. The molecular weight excluding hydrogens is 251 g/mol. The van der Waals surface area contributed by atoms with Crippen molar-refractivity contribution in [3.05, 3.63) is 70.0 Å². The molecule has 0 radical (unpaired) electrons. The van der Waals surface area contributed by atoms with E-state index in [0.29, 0.717) is 11.4 Å². The lowest BCUT2D eigenvalue weighted by Crippen LogP contribution is -1.96. The van der Waals surface area contributed by atoms with E-state index in [-0.39, 0.29) is 11.7 Å². The third-order valence-electron chi connectivity index (χ3n) is 3.51. The number of hydrogen-bond acceptors (Lipinski definition) is 1. The van der Waals surface area contributed by atoms with Gasteiger partial charge in [-0.15, -0.1) is 0 Å². The molecule has 1 aliphatic rings. The molecule has 1 nitrogen and oxygen atoms in total. The Morgan fingerprint density at radius 1 is 1.06 bits per heavy atom. The first-order chi connectivity index (χ1) is 8.65. The first kappa shape index (κ1) is 11.7. The average molecular weight is 263 g/mol. The van der Waals surface area contributed by atoms with Crippen molar-refractivity contribution in [3.8, 4) is 0 Å². The van der Waals surface area contributed by atoms with E-state index in [2.05, 4.69) is 0 Å². The molecule has 0 fully saturated rings. The van der Waals surface area contributed by atoms with Crippen LogP contribution in [0.15, 0.2) is 42.5 Å². The van der Waals surface area contributed by atoms with E-state index in [4.69, 9.17) is 11.6 Å². The summed E-state index contributed by atoms with van der Waals surface area (Å²) in [5, 5.41) is 10.7. The molecule has 0 spiro atoms. The second-order valence-electron chi connectivity index (χ2n) is 4.63. The van der Waals surface area contributed by atoms with E-state index < -0.39 is 6.10 Å². The van der Waals surface area contributed by atoms with Gasteiger partial charge in [-0.2, -0.15) is 0 Å². The van der Waals surface area contributed by atoms with Crippen LogP contribution in [0.5, 0.6) is 0 Å². The zero-order valence-corrected chi connectivity index (χ0v) is 10.4. The molecule has 3 heteroatoms. The standard InChI is InChI=1S/C15H12ClFO/c16-10-3-6-12-13(8-15(18)14(12)7-10)9-1-4-11(17)5-2-9/h1-7,13,15,18H,8H2/t13-,15-/m1/s1. The smallest absolute Gasteiger partial charge is 0.123 e. The van der Waals surface area contributed by atoms with Gasteiger partial charge in [0.15, 0.2) is 0 Å². The minimum absolute atomic E-state index is 0.118. The van der Waals surface area contributed by atoms with Crippen molar-refractivity contribution in [2.24, 2.45) is 0 Å². The first-order valence-corrected chi connectivity index (χ1v) is 6.26. The third-order valence-corrected chi connectivity index (χ3v) is 3.75. The van der Waals surface area contributed by atoms with Crippen molar-refractivity contribution in [2.75, 3.05) is 0 Å². The maximum absolute atomic E-state index is 12.9. The van der Waals surface area contributed by atoms with Gasteiger partial charge in [-0.25, -0.2) is 4.39 Å². The summed E-state index contributed by atoms with van der Waals surface area (Å²) in [7, 11) is 0. The molecule has 0 saturated carbocycles. The zero-order valence-electron chi connectivity index (χ0n) is 9.61. The fraction of sp³-hybridized carbons (Fsp3) is 0.200. The fourth-order valence-electron chi connectivity index (χ4n) is 2.64. The molecule has 0 saturated heterocycles. The molecule has 2 atom stereocenters. The van der Waals surface area contributed by atoms with Crippen LogP contribution in [0.1, 0.15) is 35.1 Å². The molecule has 0 aliphatic heterocycles. The van der Waals surface area contributed by atoms with Crippen LogP contribution < -0.4 is 0 Å². The van der Waals surface area contributed by atoms with Gasteiger partial charge in [0.25, 0.3) is 0 Å². The molecule has 0 amide bonds. The summed E-state index contributed by atoms with van der Waals surface area (Å²) in [4.78, 5) is 0. The van der Waals surface area contributed by atoms with E-state index in [1.165, 1.54) is 12.1 Å². The van der Waals surface area contributed by atoms with Crippen molar-refractivity contribution in [2.45, 2.75) is 18.4 Å². The topological polar surface area (TPSA) is 20.2 Å². The number of hydrogen-bond donors (Lipinski definition) is 1. The number of aliphatic hydroxyl groups is 1. The van der Waals surface area contributed by atoms with Gasteiger partial charge < -0.3 is 5.11 Å². The van der Waals surface area contributed by atoms with Crippen molar-refractivity contribution in [1.29, 1.82) is 0 Å². The van der Waals surface area contributed by atoms with Crippen LogP contribution in [0.2, 0.25) is 5.02 Å². The summed E-state index contributed by atoms with van der Waals surface area (Å²) in [5.74, 6) is -0.124. The summed E-state index contributed by atoms with van der Waals surface area (Å²) in [6.45, 7) is 0. The van der Waals surface area contributed by atoms with Gasteiger partial charge in [-0.05, 0) is 47.4 Å². The summed E-state index contributed by atoms with van der Waals surface area (Å²) in [5.41, 5.74) is 2.99. The zero-order chi connectivity index (χ0) is 12.7. The van der Waals surface area contributed by atoms with Crippen molar-refractivity contribution < 1.29 is 9.50 Å². The van der Waals surface area contributed by atoms with Gasteiger partial charge >= 0.3 is 0 Å². The van der Waals surface area contributed by atoms with E-state index >= 15 is 0 Å². The number of benzene rings is 2. The molecule has 1 aliphatic carbocycles. The van der Waals surface area contributed by atoms with E-state index in [0.717, 1.165) is 16.7 Å². The van der Waals surface area contributed by atoms with Crippen molar-refractivity contribution >= 4 is 11.6 Å². The SMILES string of the molecule is O[C@@H]1C[C@H](c2ccc(F)cc2)c2ccc(Cl)cc21. The van der Waals surface area contributed by atoms with Crippen LogP contribution in [0.3, 0.4) is 0 Å². The minimum Gasteiger partial charge on any atom is -0.388 e. The van der Waals surface area contributed by atoms with Crippen LogP contribution in [0.4, 0.5) is 4.39 Å². The summed E-state index contributed by atoms with van der Waals surface area (Å²) < 4.78 is 12.9. The van der Waals surface area contributed by atoms with Gasteiger partial charge in [0.1, 0.15) is 5.82 Å². The first-order valence-electron chi connectivity index (χ1n) is 5.88. The lowest BCUT2D eigenvalue weighted by Gasteiger charge is -2.11. The molecular formula is C15H12ClFO. The number of rotatable bonds is 1. The van der Waals surface area contributed by atoms with Crippen LogP contribution in [-0.2, 0) is 0 Å². The van der Waals surface area contributed by atoms with Crippen molar-refractivity contribution in [3.63, 3.8) is 0 Å². The molecule has 0 heterocycles. The molecule has 92 valence electrons. The van der Waals surface area contributed by atoms with Crippen LogP contribution in [-0.4, -0.2) is 5.11 Å².